The van der Waals surface area contributed by atoms with Gasteiger partial charge < -0.3 is 10.6 Å². The van der Waals surface area contributed by atoms with Gasteiger partial charge in [-0.15, -0.1) is 0 Å². The first kappa shape index (κ1) is 21.0. The third kappa shape index (κ3) is 6.71. The number of nitrogens with one attached hydrogen (secondary N) is 2. The topological polar surface area (TPSA) is 70.6 Å². The Kier molecular flexibility index (Phi) is 7.85. The van der Waals surface area contributed by atoms with E-state index in [1.165, 1.54) is 11.1 Å². The van der Waals surface area contributed by atoms with Gasteiger partial charge in [0.1, 0.15) is 0 Å². The van der Waals surface area contributed by atoms with Crippen LogP contribution in [0.1, 0.15) is 30.9 Å². The minimum atomic E-state index is -3.29. The fourth-order valence-electron chi connectivity index (χ4n) is 2.62. The minimum absolute atomic E-state index is 0.0228. The van der Waals surface area contributed by atoms with Gasteiger partial charge in [-0.2, -0.15) is 0 Å². The summed E-state index contributed by atoms with van der Waals surface area (Å²) in [5, 5.41) is 6.29. The van der Waals surface area contributed by atoms with Crippen molar-refractivity contribution in [3.63, 3.8) is 0 Å². The SMILES string of the molecule is CCNC(=NCC(C)c1ccc(C)cc1)NCCS(=O)(=O)c1ccccc1. The fourth-order valence-corrected chi connectivity index (χ4v) is 3.80. The molecule has 0 aliphatic heterocycles. The van der Waals surface area contributed by atoms with Crippen molar-refractivity contribution in [3.8, 4) is 0 Å². The average Bonchev–Trinajstić information content (AvgIpc) is 2.67. The maximum atomic E-state index is 12.3. The molecule has 0 saturated carbocycles. The molecule has 2 aromatic rings. The number of rotatable bonds is 8. The van der Waals surface area contributed by atoms with Gasteiger partial charge in [0.05, 0.1) is 10.6 Å². The van der Waals surface area contributed by atoms with Crippen molar-refractivity contribution in [2.45, 2.75) is 31.6 Å². The van der Waals surface area contributed by atoms with Crippen molar-refractivity contribution in [3.05, 3.63) is 65.7 Å². The van der Waals surface area contributed by atoms with Gasteiger partial charge in [0, 0.05) is 25.6 Å². The molecule has 0 amide bonds. The maximum Gasteiger partial charge on any atom is 0.191 e. The number of sulfone groups is 1. The van der Waals surface area contributed by atoms with E-state index >= 15 is 0 Å². The van der Waals surface area contributed by atoms with E-state index in [-0.39, 0.29) is 11.7 Å². The number of hydrogen-bond donors (Lipinski definition) is 2. The standard InChI is InChI=1S/C21H29N3O2S/c1-4-22-21(24-16-18(3)19-12-10-17(2)11-13-19)23-14-15-27(25,26)20-8-6-5-7-9-20/h5-13,18H,4,14-16H2,1-3H3,(H2,22,23,24). The van der Waals surface area contributed by atoms with Gasteiger partial charge in [-0.1, -0.05) is 55.0 Å². The summed E-state index contributed by atoms with van der Waals surface area (Å²) >= 11 is 0. The van der Waals surface area contributed by atoms with Crippen LogP contribution in [0.5, 0.6) is 0 Å². The highest BCUT2D eigenvalue weighted by Crippen LogP contribution is 2.16. The fraction of sp³-hybridized carbons (Fsp3) is 0.381. The molecule has 5 nitrogen and oxygen atoms in total. The second-order valence-corrected chi connectivity index (χ2v) is 8.70. The van der Waals surface area contributed by atoms with Crippen LogP contribution in [0.4, 0.5) is 0 Å². The summed E-state index contributed by atoms with van der Waals surface area (Å²) in [6.45, 7) is 7.85. The summed E-state index contributed by atoms with van der Waals surface area (Å²) in [5.41, 5.74) is 2.48. The molecule has 6 heteroatoms. The number of nitrogens with zero attached hydrogens (tertiary/aromatic N) is 1. The van der Waals surface area contributed by atoms with Gasteiger partial charge >= 0.3 is 0 Å². The van der Waals surface area contributed by atoms with E-state index in [2.05, 4.69) is 53.7 Å². The van der Waals surface area contributed by atoms with E-state index in [4.69, 9.17) is 0 Å². The lowest BCUT2D eigenvalue weighted by Crippen LogP contribution is -2.39. The molecular formula is C21H29N3O2S. The molecular weight excluding hydrogens is 358 g/mol. The third-order valence-electron chi connectivity index (χ3n) is 4.28. The Balaban J connectivity index is 1.92. The Morgan fingerprint density at radius 2 is 1.70 bits per heavy atom. The summed E-state index contributed by atoms with van der Waals surface area (Å²) in [4.78, 5) is 4.95. The highest BCUT2D eigenvalue weighted by molar-refractivity contribution is 7.91. The Labute approximate surface area is 162 Å². The van der Waals surface area contributed by atoms with E-state index in [0.717, 1.165) is 6.54 Å². The summed E-state index contributed by atoms with van der Waals surface area (Å²) < 4.78 is 24.7. The van der Waals surface area contributed by atoms with Gasteiger partial charge in [-0.3, -0.25) is 4.99 Å². The van der Waals surface area contributed by atoms with E-state index in [1.807, 2.05) is 13.0 Å². The highest BCUT2D eigenvalue weighted by atomic mass is 32.2. The summed E-state index contributed by atoms with van der Waals surface area (Å²) in [6, 6.07) is 17.0. The summed E-state index contributed by atoms with van der Waals surface area (Å²) in [6.07, 6.45) is 0. The quantitative estimate of drug-likeness (QED) is 0.539. The smallest absolute Gasteiger partial charge is 0.191 e. The molecule has 0 aromatic heterocycles. The molecule has 0 bridgehead atoms. The van der Waals surface area contributed by atoms with Crippen molar-refractivity contribution in [2.24, 2.45) is 4.99 Å². The van der Waals surface area contributed by atoms with Crippen molar-refractivity contribution < 1.29 is 8.42 Å². The van der Waals surface area contributed by atoms with E-state index in [0.29, 0.717) is 23.9 Å². The summed E-state index contributed by atoms with van der Waals surface area (Å²) in [5.74, 6) is 0.948. The van der Waals surface area contributed by atoms with Crippen LogP contribution in [-0.4, -0.2) is 39.8 Å². The Hall–Kier alpha value is -2.34. The molecule has 0 saturated heterocycles. The van der Waals surface area contributed by atoms with Crippen molar-refractivity contribution in [1.29, 1.82) is 0 Å². The minimum Gasteiger partial charge on any atom is -0.357 e. The van der Waals surface area contributed by atoms with Crippen LogP contribution in [0.25, 0.3) is 0 Å². The van der Waals surface area contributed by atoms with Crippen LogP contribution in [0.2, 0.25) is 0 Å². The molecule has 2 aromatic carbocycles. The zero-order valence-corrected chi connectivity index (χ0v) is 17.1. The molecule has 2 rings (SSSR count). The van der Waals surface area contributed by atoms with Crippen LogP contribution in [-0.2, 0) is 9.84 Å². The lowest BCUT2D eigenvalue weighted by molar-refractivity contribution is 0.594. The molecule has 2 N–H and O–H groups in total. The predicted molar refractivity (Wildman–Crippen MR) is 112 cm³/mol. The van der Waals surface area contributed by atoms with Gasteiger partial charge in [0.15, 0.2) is 15.8 Å². The first-order valence-electron chi connectivity index (χ1n) is 9.29. The van der Waals surface area contributed by atoms with Crippen LogP contribution in [0.15, 0.2) is 64.5 Å². The highest BCUT2D eigenvalue weighted by Gasteiger charge is 2.13. The molecule has 27 heavy (non-hydrogen) atoms. The van der Waals surface area contributed by atoms with Gasteiger partial charge in [-0.05, 0) is 31.5 Å². The number of hydrogen-bond acceptors (Lipinski definition) is 3. The van der Waals surface area contributed by atoms with Gasteiger partial charge in [-0.25, -0.2) is 8.42 Å². The summed E-state index contributed by atoms with van der Waals surface area (Å²) in [7, 11) is -3.29. The van der Waals surface area contributed by atoms with Crippen molar-refractivity contribution in [2.75, 3.05) is 25.4 Å². The van der Waals surface area contributed by atoms with Crippen LogP contribution >= 0.6 is 0 Å². The van der Waals surface area contributed by atoms with Gasteiger partial charge in [0.2, 0.25) is 0 Å². The monoisotopic (exact) mass is 387 g/mol. The van der Waals surface area contributed by atoms with Crippen LogP contribution in [0.3, 0.4) is 0 Å². The number of benzene rings is 2. The van der Waals surface area contributed by atoms with E-state index in [1.54, 1.807) is 24.3 Å². The molecule has 0 radical (unpaired) electrons. The Bertz CT molecular complexity index is 831. The first-order valence-corrected chi connectivity index (χ1v) is 10.9. The van der Waals surface area contributed by atoms with Crippen molar-refractivity contribution >= 4 is 15.8 Å². The molecule has 146 valence electrons. The molecule has 1 unspecified atom stereocenters. The maximum absolute atomic E-state index is 12.3. The zero-order valence-electron chi connectivity index (χ0n) is 16.3. The number of guanidine groups is 1. The molecule has 0 heterocycles. The van der Waals surface area contributed by atoms with Gasteiger partial charge in [0.25, 0.3) is 0 Å². The zero-order chi connectivity index (χ0) is 19.7. The Morgan fingerprint density at radius 3 is 2.33 bits per heavy atom. The van der Waals surface area contributed by atoms with Crippen molar-refractivity contribution in [1.82, 2.24) is 10.6 Å². The molecule has 0 aliphatic rings. The second-order valence-electron chi connectivity index (χ2n) is 6.59. The second kappa shape index (κ2) is 10.1. The molecule has 0 fully saturated rings. The lowest BCUT2D eigenvalue weighted by atomic mass is 10.0. The van der Waals surface area contributed by atoms with Crippen LogP contribution in [0, 0.1) is 6.92 Å². The normalized spacial score (nSPS) is 13.2. The number of aryl methyl sites for hydroxylation is 1. The molecule has 1 atom stereocenters. The van der Waals surface area contributed by atoms with E-state index < -0.39 is 9.84 Å². The predicted octanol–water partition coefficient (Wildman–Crippen LogP) is 3.13. The largest absolute Gasteiger partial charge is 0.357 e. The molecule has 0 aliphatic carbocycles. The first-order chi connectivity index (χ1) is 12.9. The average molecular weight is 388 g/mol. The lowest BCUT2D eigenvalue weighted by Gasteiger charge is -2.14. The van der Waals surface area contributed by atoms with Crippen LogP contribution < -0.4 is 10.6 Å². The number of aliphatic imine (C=N–C) groups is 1. The molecule has 0 spiro atoms. The van der Waals surface area contributed by atoms with E-state index in [9.17, 15) is 8.42 Å². The Morgan fingerprint density at radius 1 is 1.04 bits per heavy atom. The third-order valence-corrected chi connectivity index (χ3v) is 6.01.